The van der Waals surface area contributed by atoms with Crippen LogP contribution in [0.3, 0.4) is 0 Å². The lowest BCUT2D eigenvalue weighted by Gasteiger charge is -2.20. The van der Waals surface area contributed by atoms with Crippen molar-refractivity contribution in [1.82, 2.24) is 10.2 Å². The van der Waals surface area contributed by atoms with Crippen molar-refractivity contribution in [2.45, 2.75) is 32.9 Å². The number of hydrogen-bond donors (Lipinski definition) is 2. The van der Waals surface area contributed by atoms with Crippen LogP contribution >= 0.6 is 0 Å². The van der Waals surface area contributed by atoms with E-state index in [1.807, 2.05) is 0 Å². The maximum Gasteiger partial charge on any atom is 0.0486 e. The van der Waals surface area contributed by atoms with Crippen molar-refractivity contribution in [3.8, 4) is 0 Å². The Kier molecular flexibility index (Phi) is 4.16. The second-order valence-corrected chi connectivity index (χ2v) is 4.22. The molecule has 1 saturated heterocycles. The summed E-state index contributed by atoms with van der Waals surface area (Å²) in [4.78, 5) is 2.39. The normalized spacial score (nSPS) is 30.2. The Balaban J connectivity index is 2.43. The minimum absolute atomic E-state index is 0.306. The molecule has 13 heavy (non-hydrogen) atoms. The molecule has 0 aromatic heterocycles. The molecular weight excluding hydrogens is 164 g/mol. The predicted molar refractivity (Wildman–Crippen MR) is 54.7 cm³/mol. The highest BCUT2D eigenvalue weighted by Crippen LogP contribution is 2.16. The highest BCUT2D eigenvalue weighted by atomic mass is 16.3. The van der Waals surface area contributed by atoms with E-state index in [1.165, 1.54) is 0 Å². The van der Waals surface area contributed by atoms with Gasteiger partial charge in [0.25, 0.3) is 0 Å². The van der Waals surface area contributed by atoms with Gasteiger partial charge in [0.15, 0.2) is 0 Å². The second kappa shape index (κ2) is 4.94. The molecule has 0 aromatic carbocycles. The smallest absolute Gasteiger partial charge is 0.0486 e. The Morgan fingerprint density at radius 2 is 2.15 bits per heavy atom. The van der Waals surface area contributed by atoms with Gasteiger partial charge >= 0.3 is 0 Å². The molecule has 2 N–H and O–H groups in total. The average molecular weight is 186 g/mol. The quantitative estimate of drug-likeness (QED) is 0.663. The van der Waals surface area contributed by atoms with Crippen LogP contribution in [0.1, 0.15) is 20.8 Å². The van der Waals surface area contributed by atoms with Crippen molar-refractivity contribution < 1.29 is 5.11 Å². The molecule has 0 aliphatic carbocycles. The molecule has 1 aliphatic rings. The van der Waals surface area contributed by atoms with E-state index in [0.717, 1.165) is 19.6 Å². The molecule has 3 heteroatoms. The molecule has 0 spiro atoms. The standard InChI is InChI=1S/C10H22N2O/c1-4-12-5-9(7-13)10(6-12)11-8(2)3/h8-11,13H,4-7H2,1-3H3/t9-,10-/m1/s1. The van der Waals surface area contributed by atoms with E-state index in [4.69, 9.17) is 0 Å². The molecule has 1 aliphatic heterocycles. The van der Waals surface area contributed by atoms with Gasteiger partial charge in [0.2, 0.25) is 0 Å². The number of aliphatic hydroxyl groups is 1. The third kappa shape index (κ3) is 2.93. The summed E-state index contributed by atoms with van der Waals surface area (Å²) in [6, 6.07) is 0.987. The van der Waals surface area contributed by atoms with Crippen LogP contribution in [-0.4, -0.2) is 48.3 Å². The first-order valence-electron chi connectivity index (χ1n) is 5.26. The monoisotopic (exact) mass is 186 g/mol. The van der Waals surface area contributed by atoms with E-state index >= 15 is 0 Å². The lowest BCUT2D eigenvalue weighted by molar-refractivity contribution is 0.206. The van der Waals surface area contributed by atoms with Gasteiger partial charge in [0.1, 0.15) is 0 Å². The maximum absolute atomic E-state index is 9.20. The SMILES string of the molecule is CCN1C[C@H](CO)[C@H](NC(C)C)C1. The van der Waals surface area contributed by atoms with E-state index < -0.39 is 0 Å². The molecule has 3 nitrogen and oxygen atoms in total. The third-order valence-corrected chi connectivity index (χ3v) is 2.75. The zero-order valence-corrected chi connectivity index (χ0v) is 8.95. The number of likely N-dealkylation sites (N-methyl/N-ethyl adjacent to an activating group) is 1. The summed E-state index contributed by atoms with van der Waals surface area (Å²) in [6.45, 7) is 10.0. The Hall–Kier alpha value is -0.120. The van der Waals surface area contributed by atoms with Crippen molar-refractivity contribution in [2.24, 2.45) is 5.92 Å². The van der Waals surface area contributed by atoms with Gasteiger partial charge in [-0.3, -0.25) is 0 Å². The molecule has 0 unspecified atom stereocenters. The number of rotatable bonds is 4. The third-order valence-electron chi connectivity index (χ3n) is 2.75. The van der Waals surface area contributed by atoms with Gasteiger partial charge in [-0.15, -0.1) is 0 Å². The summed E-state index contributed by atoms with van der Waals surface area (Å²) in [6.07, 6.45) is 0. The predicted octanol–water partition coefficient (Wildman–Crippen LogP) is 0.297. The Labute approximate surface area is 81.1 Å². The van der Waals surface area contributed by atoms with E-state index in [2.05, 4.69) is 31.0 Å². The fraction of sp³-hybridized carbons (Fsp3) is 1.00. The number of hydrogen-bond acceptors (Lipinski definition) is 3. The van der Waals surface area contributed by atoms with E-state index in [-0.39, 0.29) is 0 Å². The van der Waals surface area contributed by atoms with Crippen molar-refractivity contribution in [3.63, 3.8) is 0 Å². The molecule has 0 aromatic rings. The fourth-order valence-corrected chi connectivity index (χ4v) is 2.02. The summed E-state index contributed by atoms with van der Waals surface area (Å²) < 4.78 is 0. The van der Waals surface area contributed by atoms with Crippen LogP contribution < -0.4 is 5.32 Å². The van der Waals surface area contributed by atoms with Gasteiger partial charge in [0, 0.05) is 37.7 Å². The van der Waals surface area contributed by atoms with Gasteiger partial charge in [-0.1, -0.05) is 20.8 Å². The van der Waals surface area contributed by atoms with Gasteiger partial charge in [-0.25, -0.2) is 0 Å². The summed E-state index contributed by atoms with van der Waals surface area (Å²) >= 11 is 0. The first-order valence-corrected chi connectivity index (χ1v) is 5.26. The molecule has 1 fully saturated rings. The lowest BCUT2D eigenvalue weighted by Crippen LogP contribution is -2.41. The van der Waals surface area contributed by atoms with Crippen LogP contribution in [0.15, 0.2) is 0 Å². The molecule has 0 saturated carbocycles. The summed E-state index contributed by atoms with van der Waals surface area (Å²) in [7, 11) is 0. The minimum atomic E-state index is 0.306. The molecule has 0 amide bonds. The summed E-state index contributed by atoms with van der Waals surface area (Å²) in [5.74, 6) is 0.419. The van der Waals surface area contributed by atoms with Crippen molar-refractivity contribution in [1.29, 1.82) is 0 Å². The first kappa shape index (κ1) is 11.0. The lowest BCUT2D eigenvalue weighted by atomic mass is 10.0. The van der Waals surface area contributed by atoms with Crippen LogP contribution in [0.4, 0.5) is 0 Å². The zero-order valence-electron chi connectivity index (χ0n) is 8.95. The number of likely N-dealkylation sites (tertiary alicyclic amines) is 1. The molecule has 78 valence electrons. The highest BCUT2D eigenvalue weighted by Gasteiger charge is 2.31. The van der Waals surface area contributed by atoms with Crippen LogP contribution in [-0.2, 0) is 0 Å². The van der Waals surface area contributed by atoms with Crippen molar-refractivity contribution in [2.75, 3.05) is 26.2 Å². The average Bonchev–Trinajstić information content (AvgIpc) is 2.46. The van der Waals surface area contributed by atoms with E-state index in [1.54, 1.807) is 0 Å². The molecule has 1 rings (SSSR count). The van der Waals surface area contributed by atoms with E-state index in [9.17, 15) is 5.11 Å². The zero-order chi connectivity index (χ0) is 9.84. The van der Waals surface area contributed by atoms with Gasteiger partial charge in [-0.2, -0.15) is 0 Å². The van der Waals surface area contributed by atoms with Gasteiger partial charge < -0.3 is 15.3 Å². The summed E-state index contributed by atoms with van der Waals surface area (Å²) in [5.41, 5.74) is 0. The molecular formula is C10H22N2O. The summed E-state index contributed by atoms with van der Waals surface area (Å²) in [5, 5.41) is 12.7. The Bertz CT molecular complexity index is 150. The maximum atomic E-state index is 9.20. The number of aliphatic hydroxyl groups excluding tert-OH is 1. The van der Waals surface area contributed by atoms with Crippen LogP contribution in [0.25, 0.3) is 0 Å². The largest absolute Gasteiger partial charge is 0.396 e. The number of nitrogens with one attached hydrogen (secondary N) is 1. The first-order chi connectivity index (χ1) is 6.17. The second-order valence-electron chi connectivity index (χ2n) is 4.22. The minimum Gasteiger partial charge on any atom is -0.396 e. The number of nitrogens with zero attached hydrogens (tertiary/aromatic N) is 1. The Morgan fingerprint density at radius 1 is 1.46 bits per heavy atom. The fourth-order valence-electron chi connectivity index (χ4n) is 2.02. The van der Waals surface area contributed by atoms with Crippen molar-refractivity contribution in [3.05, 3.63) is 0 Å². The molecule has 1 heterocycles. The van der Waals surface area contributed by atoms with Crippen LogP contribution in [0, 0.1) is 5.92 Å². The van der Waals surface area contributed by atoms with Crippen LogP contribution in [0.5, 0.6) is 0 Å². The Morgan fingerprint density at radius 3 is 2.62 bits per heavy atom. The highest BCUT2D eigenvalue weighted by molar-refractivity contribution is 4.88. The van der Waals surface area contributed by atoms with Crippen LogP contribution in [0.2, 0.25) is 0 Å². The van der Waals surface area contributed by atoms with Gasteiger partial charge in [0.05, 0.1) is 0 Å². The topological polar surface area (TPSA) is 35.5 Å². The van der Waals surface area contributed by atoms with E-state index in [0.29, 0.717) is 24.6 Å². The molecule has 0 radical (unpaired) electrons. The van der Waals surface area contributed by atoms with Crippen molar-refractivity contribution >= 4 is 0 Å². The van der Waals surface area contributed by atoms with Gasteiger partial charge in [-0.05, 0) is 6.54 Å². The molecule has 0 bridgehead atoms. The molecule has 2 atom stereocenters.